The molecule has 0 bridgehead atoms. The molecule has 2 rings (SSSR count). The molecule has 0 spiro atoms. The molecule has 0 aliphatic rings. The van der Waals surface area contributed by atoms with Crippen LogP contribution < -0.4 is 0 Å². The van der Waals surface area contributed by atoms with Gasteiger partial charge in [-0.3, -0.25) is 0 Å². The van der Waals surface area contributed by atoms with E-state index >= 15 is 0 Å². The van der Waals surface area contributed by atoms with Gasteiger partial charge in [-0.15, -0.1) is 0 Å². The monoisotopic (exact) mass is 271 g/mol. The molecule has 0 radical (unpaired) electrons. The zero-order valence-electron chi connectivity index (χ0n) is 8.75. The normalized spacial score (nSPS) is 11.3. The molecule has 92 valence electrons. The van der Waals surface area contributed by atoms with Gasteiger partial charge in [0.25, 0.3) is 0 Å². The largest absolute Gasteiger partial charge is 0.464 e. The van der Waals surface area contributed by atoms with Gasteiger partial charge in [0.05, 0.1) is 34.0 Å². The fourth-order valence-electron chi connectivity index (χ4n) is 1.53. The molecular weight excluding hydrogens is 267 g/mol. The Balaban J connectivity index is 2.67. The molecule has 0 atom stereocenters. The molecular formula is C12H5ClF3NO. The predicted molar refractivity (Wildman–Crippen MR) is 58.9 cm³/mol. The summed E-state index contributed by atoms with van der Waals surface area (Å²) in [5.74, 6) is 0.255. The SMILES string of the molecule is N#Cc1cc(C(F)(F)F)cc(Cl)c1-c1ccco1. The van der Waals surface area contributed by atoms with Gasteiger partial charge in [-0.2, -0.15) is 18.4 Å². The summed E-state index contributed by atoms with van der Waals surface area (Å²) >= 11 is 5.80. The number of rotatable bonds is 1. The van der Waals surface area contributed by atoms with Crippen LogP contribution in [0, 0.1) is 11.3 Å². The highest BCUT2D eigenvalue weighted by Gasteiger charge is 2.32. The highest BCUT2D eigenvalue weighted by Crippen LogP contribution is 2.38. The van der Waals surface area contributed by atoms with Crippen molar-refractivity contribution in [2.24, 2.45) is 0 Å². The first kappa shape index (κ1) is 12.5. The van der Waals surface area contributed by atoms with E-state index in [0.717, 1.165) is 12.1 Å². The van der Waals surface area contributed by atoms with E-state index in [1.165, 1.54) is 12.3 Å². The summed E-state index contributed by atoms with van der Waals surface area (Å²) in [5, 5.41) is 8.74. The molecule has 0 N–H and O–H groups in total. The second kappa shape index (κ2) is 4.39. The molecule has 1 aromatic carbocycles. The summed E-state index contributed by atoms with van der Waals surface area (Å²) in [7, 11) is 0. The Hall–Kier alpha value is -1.93. The third-order valence-corrected chi connectivity index (χ3v) is 2.60. The van der Waals surface area contributed by atoms with E-state index in [2.05, 4.69) is 0 Å². The number of nitrogens with zero attached hydrogens (tertiary/aromatic N) is 1. The van der Waals surface area contributed by atoms with E-state index in [0.29, 0.717) is 0 Å². The van der Waals surface area contributed by atoms with Crippen molar-refractivity contribution in [3.63, 3.8) is 0 Å². The van der Waals surface area contributed by atoms with Crippen molar-refractivity contribution in [3.8, 4) is 17.4 Å². The quantitative estimate of drug-likeness (QED) is 0.766. The Bertz CT molecular complexity index is 611. The summed E-state index contributed by atoms with van der Waals surface area (Å²) in [6.45, 7) is 0. The van der Waals surface area contributed by atoms with E-state index in [1.807, 2.05) is 0 Å². The molecule has 18 heavy (non-hydrogen) atoms. The van der Waals surface area contributed by atoms with Crippen molar-refractivity contribution in [1.82, 2.24) is 0 Å². The van der Waals surface area contributed by atoms with Crippen LogP contribution in [0.5, 0.6) is 0 Å². The minimum Gasteiger partial charge on any atom is -0.464 e. The number of hydrogen-bond donors (Lipinski definition) is 0. The van der Waals surface area contributed by atoms with Crippen LogP contribution in [0.1, 0.15) is 11.1 Å². The van der Waals surface area contributed by atoms with E-state index < -0.39 is 11.7 Å². The lowest BCUT2D eigenvalue weighted by molar-refractivity contribution is -0.137. The van der Waals surface area contributed by atoms with Crippen molar-refractivity contribution in [2.45, 2.75) is 6.18 Å². The highest BCUT2D eigenvalue weighted by molar-refractivity contribution is 6.33. The first-order chi connectivity index (χ1) is 8.43. The Labute approximate surface area is 105 Å². The Morgan fingerprint density at radius 2 is 2.00 bits per heavy atom. The number of benzene rings is 1. The fraction of sp³-hybridized carbons (Fsp3) is 0.0833. The third kappa shape index (κ3) is 2.20. The molecule has 0 unspecified atom stereocenters. The average molecular weight is 272 g/mol. The number of nitriles is 1. The minimum atomic E-state index is -4.54. The lowest BCUT2D eigenvalue weighted by Crippen LogP contribution is -2.05. The van der Waals surface area contributed by atoms with Crippen molar-refractivity contribution < 1.29 is 17.6 Å². The summed E-state index contributed by atoms with van der Waals surface area (Å²) in [6.07, 6.45) is -3.19. The molecule has 1 heterocycles. The zero-order valence-corrected chi connectivity index (χ0v) is 9.51. The van der Waals surface area contributed by atoms with E-state index in [9.17, 15) is 13.2 Å². The number of hydrogen-bond acceptors (Lipinski definition) is 2. The van der Waals surface area contributed by atoms with Crippen LogP contribution in [0.4, 0.5) is 13.2 Å². The predicted octanol–water partition coefficient (Wildman–Crippen LogP) is 4.49. The van der Waals surface area contributed by atoms with Gasteiger partial charge in [-0.1, -0.05) is 11.6 Å². The van der Waals surface area contributed by atoms with Crippen LogP contribution in [0.3, 0.4) is 0 Å². The summed E-state index contributed by atoms with van der Waals surface area (Å²) < 4.78 is 42.8. The van der Waals surface area contributed by atoms with Crippen molar-refractivity contribution in [3.05, 3.63) is 46.7 Å². The van der Waals surface area contributed by atoms with Gasteiger partial charge in [-0.05, 0) is 24.3 Å². The molecule has 1 aromatic heterocycles. The molecule has 2 nitrogen and oxygen atoms in total. The van der Waals surface area contributed by atoms with Crippen LogP contribution in [-0.2, 0) is 6.18 Å². The van der Waals surface area contributed by atoms with Crippen LogP contribution in [0.2, 0.25) is 5.02 Å². The minimum absolute atomic E-state index is 0.164. The Morgan fingerprint density at radius 3 is 2.50 bits per heavy atom. The second-order valence-corrected chi connectivity index (χ2v) is 3.87. The van der Waals surface area contributed by atoms with Gasteiger partial charge in [0.15, 0.2) is 0 Å². The fourth-order valence-corrected chi connectivity index (χ4v) is 1.84. The van der Waals surface area contributed by atoms with Gasteiger partial charge < -0.3 is 4.42 Å². The second-order valence-electron chi connectivity index (χ2n) is 3.47. The molecule has 0 saturated heterocycles. The zero-order chi connectivity index (χ0) is 13.3. The van der Waals surface area contributed by atoms with E-state index in [4.69, 9.17) is 21.3 Å². The van der Waals surface area contributed by atoms with Gasteiger partial charge in [0.1, 0.15) is 5.76 Å². The number of furan rings is 1. The van der Waals surface area contributed by atoms with Gasteiger partial charge in [-0.25, -0.2) is 0 Å². The van der Waals surface area contributed by atoms with Crippen LogP contribution in [-0.4, -0.2) is 0 Å². The maximum atomic E-state index is 12.6. The van der Waals surface area contributed by atoms with E-state index in [1.54, 1.807) is 12.1 Å². The number of alkyl halides is 3. The average Bonchev–Trinajstić information content (AvgIpc) is 2.79. The van der Waals surface area contributed by atoms with Gasteiger partial charge in [0, 0.05) is 0 Å². The van der Waals surface area contributed by atoms with Gasteiger partial charge in [0.2, 0.25) is 0 Å². The Morgan fingerprint density at radius 1 is 1.28 bits per heavy atom. The molecule has 6 heteroatoms. The standard InChI is InChI=1S/C12H5ClF3NO/c13-9-5-8(12(14,15)16)4-7(6-17)11(9)10-2-1-3-18-10/h1-5H. The first-order valence-electron chi connectivity index (χ1n) is 4.78. The molecule has 0 amide bonds. The lowest BCUT2D eigenvalue weighted by atomic mass is 10.0. The lowest BCUT2D eigenvalue weighted by Gasteiger charge is -2.10. The topological polar surface area (TPSA) is 36.9 Å². The van der Waals surface area contributed by atoms with E-state index in [-0.39, 0.29) is 21.9 Å². The van der Waals surface area contributed by atoms with Crippen LogP contribution in [0.25, 0.3) is 11.3 Å². The molecule has 0 aliphatic heterocycles. The molecule has 2 aromatic rings. The maximum absolute atomic E-state index is 12.6. The van der Waals surface area contributed by atoms with Crippen molar-refractivity contribution >= 4 is 11.6 Å². The smallest absolute Gasteiger partial charge is 0.416 e. The summed E-state index contributed by atoms with van der Waals surface area (Å²) in [4.78, 5) is 0. The molecule has 0 saturated carbocycles. The molecule has 0 aliphatic carbocycles. The van der Waals surface area contributed by atoms with Crippen molar-refractivity contribution in [2.75, 3.05) is 0 Å². The van der Waals surface area contributed by atoms with Gasteiger partial charge >= 0.3 is 6.18 Å². The van der Waals surface area contributed by atoms with Crippen molar-refractivity contribution in [1.29, 1.82) is 5.26 Å². The van der Waals surface area contributed by atoms with Crippen LogP contribution in [0.15, 0.2) is 34.9 Å². The van der Waals surface area contributed by atoms with Crippen LogP contribution >= 0.6 is 11.6 Å². The highest BCUT2D eigenvalue weighted by atomic mass is 35.5. The summed E-state index contributed by atoms with van der Waals surface area (Å²) in [5.41, 5.74) is -0.971. The first-order valence-corrected chi connectivity index (χ1v) is 5.16. The number of halogens is 4. The maximum Gasteiger partial charge on any atom is 0.416 e. The summed E-state index contributed by atoms with van der Waals surface area (Å²) in [6, 6.07) is 6.31. The molecule has 0 fully saturated rings. The Kier molecular flexibility index (Phi) is 3.05. The third-order valence-electron chi connectivity index (χ3n) is 2.31.